The van der Waals surface area contributed by atoms with Crippen LogP contribution in [-0.2, 0) is 4.79 Å². The zero-order chi connectivity index (χ0) is 10.8. The van der Waals surface area contributed by atoms with E-state index in [1.807, 2.05) is 5.32 Å². The number of amides is 3. The molecule has 0 radical (unpaired) electrons. The number of nitrogens with one attached hydrogen (secondary N) is 3. The lowest BCUT2D eigenvalue weighted by Gasteiger charge is -2.22. The average Bonchev–Trinajstić information content (AvgIpc) is 2.42. The third kappa shape index (κ3) is 1.33. The van der Waals surface area contributed by atoms with Gasteiger partial charge in [-0.3, -0.25) is 10.1 Å². The summed E-state index contributed by atoms with van der Waals surface area (Å²) in [6.45, 7) is -0.187. The largest absolute Gasteiger partial charge is 0.405 e. The number of carbonyl (C=O) groups excluding carboxylic acids is 2. The van der Waals surface area contributed by atoms with Gasteiger partial charge in [0.2, 0.25) is 0 Å². The van der Waals surface area contributed by atoms with Gasteiger partial charge in [-0.15, -0.1) is 0 Å². The van der Waals surface area contributed by atoms with Crippen molar-refractivity contribution in [1.82, 2.24) is 10.6 Å². The Kier molecular flexibility index (Phi) is 2.52. The van der Waals surface area contributed by atoms with Crippen LogP contribution in [-0.4, -0.2) is 29.7 Å². The van der Waals surface area contributed by atoms with Crippen molar-refractivity contribution in [1.29, 1.82) is 5.41 Å². The smallest absolute Gasteiger partial charge is 0.322 e. The van der Waals surface area contributed by atoms with Crippen molar-refractivity contribution in [3.63, 3.8) is 0 Å². The number of hydrogen-bond acceptors (Lipinski definition) is 5. The highest BCUT2D eigenvalue weighted by molar-refractivity contribution is 6.24. The van der Waals surface area contributed by atoms with Gasteiger partial charge in [0.05, 0.1) is 5.71 Å². The molecule has 1 heterocycles. The summed E-state index contributed by atoms with van der Waals surface area (Å²) in [5, 5.41) is 11.8. The Morgan fingerprint density at radius 1 is 1.57 bits per heavy atom. The molecule has 0 spiro atoms. The minimum atomic E-state index is -1.48. The van der Waals surface area contributed by atoms with Crippen molar-refractivity contribution in [2.45, 2.75) is 5.54 Å². The van der Waals surface area contributed by atoms with Crippen LogP contribution in [0, 0.1) is 5.41 Å². The summed E-state index contributed by atoms with van der Waals surface area (Å²) in [7, 11) is 0. The molecule has 7 N–H and O–H groups in total. The maximum Gasteiger partial charge on any atom is 0.322 e. The Hall–Kier alpha value is -1.89. The molecule has 14 heavy (non-hydrogen) atoms. The molecule has 76 valence electrons. The third-order valence-corrected chi connectivity index (χ3v) is 1.97. The summed E-state index contributed by atoms with van der Waals surface area (Å²) < 4.78 is 0. The van der Waals surface area contributed by atoms with Crippen molar-refractivity contribution in [3.05, 3.63) is 12.3 Å². The fraction of sp³-hybridized carbons (Fsp3) is 0.286. The highest BCUT2D eigenvalue weighted by Gasteiger charge is 2.47. The van der Waals surface area contributed by atoms with Gasteiger partial charge in [-0.2, -0.15) is 0 Å². The lowest BCUT2D eigenvalue weighted by atomic mass is 9.93. The van der Waals surface area contributed by atoms with Crippen LogP contribution in [0.1, 0.15) is 0 Å². The SMILES string of the molecule is N=C(C=CN)C1(CN)NC(=O)NC1=O. The predicted molar refractivity (Wildman–Crippen MR) is 49.5 cm³/mol. The van der Waals surface area contributed by atoms with E-state index in [2.05, 4.69) is 5.32 Å². The van der Waals surface area contributed by atoms with Gasteiger partial charge in [0.25, 0.3) is 5.91 Å². The highest BCUT2D eigenvalue weighted by atomic mass is 16.2. The molecule has 0 aromatic carbocycles. The van der Waals surface area contributed by atoms with E-state index >= 15 is 0 Å². The molecule has 0 aromatic rings. The van der Waals surface area contributed by atoms with Crippen LogP contribution in [0.15, 0.2) is 12.3 Å². The van der Waals surface area contributed by atoms with Crippen LogP contribution in [0.5, 0.6) is 0 Å². The van der Waals surface area contributed by atoms with E-state index in [0.29, 0.717) is 0 Å². The number of nitrogens with two attached hydrogens (primary N) is 2. The van der Waals surface area contributed by atoms with Crippen molar-refractivity contribution >= 4 is 17.6 Å². The first-order valence-electron chi connectivity index (χ1n) is 3.88. The van der Waals surface area contributed by atoms with Gasteiger partial charge in [-0.05, 0) is 12.3 Å². The fourth-order valence-corrected chi connectivity index (χ4v) is 1.17. The number of hydrogen-bond donors (Lipinski definition) is 5. The van der Waals surface area contributed by atoms with Crippen molar-refractivity contribution in [3.8, 4) is 0 Å². The Balaban J connectivity index is 3.03. The zero-order valence-electron chi connectivity index (χ0n) is 7.33. The van der Waals surface area contributed by atoms with Crippen LogP contribution < -0.4 is 22.1 Å². The second-order valence-electron chi connectivity index (χ2n) is 2.79. The van der Waals surface area contributed by atoms with Crippen molar-refractivity contribution < 1.29 is 9.59 Å². The van der Waals surface area contributed by atoms with Gasteiger partial charge < -0.3 is 22.2 Å². The number of imide groups is 1. The topological polar surface area (TPSA) is 134 Å². The molecule has 1 saturated heterocycles. The van der Waals surface area contributed by atoms with Gasteiger partial charge >= 0.3 is 6.03 Å². The van der Waals surface area contributed by atoms with Crippen LogP contribution in [0.25, 0.3) is 0 Å². The normalized spacial score (nSPS) is 26.4. The molecule has 1 aliphatic heterocycles. The summed E-state index contributed by atoms with van der Waals surface area (Å²) in [5.41, 5.74) is 8.82. The van der Waals surface area contributed by atoms with Crippen LogP contribution in [0.2, 0.25) is 0 Å². The standard InChI is InChI=1S/C7H11N5O2/c8-2-1-4(10)7(3-9)5(13)11-6(14)12-7/h1-2,10H,3,8-9H2,(H2,11,12,13,14). The van der Waals surface area contributed by atoms with E-state index in [0.717, 1.165) is 6.20 Å². The third-order valence-electron chi connectivity index (χ3n) is 1.97. The lowest BCUT2D eigenvalue weighted by Crippen LogP contribution is -2.58. The van der Waals surface area contributed by atoms with Crippen molar-refractivity contribution in [2.75, 3.05) is 6.54 Å². The first kappa shape index (κ1) is 10.2. The molecular formula is C7H11N5O2. The molecule has 7 heteroatoms. The number of urea groups is 1. The van der Waals surface area contributed by atoms with Gasteiger partial charge in [-0.25, -0.2) is 4.79 Å². The molecule has 0 bridgehead atoms. The Morgan fingerprint density at radius 2 is 2.21 bits per heavy atom. The van der Waals surface area contributed by atoms with E-state index in [1.165, 1.54) is 6.08 Å². The van der Waals surface area contributed by atoms with E-state index < -0.39 is 17.5 Å². The predicted octanol–water partition coefficient (Wildman–Crippen LogP) is -1.98. The maximum absolute atomic E-state index is 11.4. The van der Waals surface area contributed by atoms with Crippen LogP contribution in [0.3, 0.4) is 0 Å². The second kappa shape index (κ2) is 3.46. The van der Waals surface area contributed by atoms with E-state index in [1.54, 1.807) is 0 Å². The van der Waals surface area contributed by atoms with E-state index in [9.17, 15) is 9.59 Å². The Morgan fingerprint density at radius 3 is 2.57 bits per heavy atom. The molecular weight excluding hydrogens is 186 g/mol. The fourth-order valence-electron chi connectivity index (χ4n) is 1.17. The summed E-state index contributed by atoms with van der Waals surface area (Å²) in [4.78, 5) is 22.3. The lowest BCUT2D eigenvalue weighted by molar-refractivity contribution is -0.121. The van der Waals surface area contributed by atoms with Gasteiger partial charge in [0, 0.05) is 6.54 Å². The molecule has 0 saturated carbocycles. The van der Waals surface area contributed by atoms with Crippen LogP contribution >= 0.6 is 0 Å². The Labute approximate surface area is 80.0 Å². The minimum absolute atomic E-state index is 0.147. The van der Waals surface area contributed by atoms with Gasteiger partial charge in [-0.1, -0.05) is 0 Å². The maximum atomic E-state index is 11.4. The summed E-state index contributed by atoms with van der Waals surface area (Å²) in [6, 6.07) is -0.657. The number of carbonyl (C=O) groups is 2. The zero-order valence-corrected chi connectivity index (χ0v) is 7.33. The molecule has 1 unspecified atom stereocenters. The quantitative estimate of drug-likeness (QED) is 0.264. The first-order chi connectivity index (χ1) is 6.56. The average molecular weight is 197 g/mol. The van der Waals surface area contributed by atoms with Gasteiger partial charge in [0.1, 0.15) is 0 Å². The van der Waals surface area contributed by atoms with Crippen LogP contribution in [0.4, 0.5) is 4.79 Å². The minimum Gasteiger partial charge on any atom is -0.405 e. The monoisotopic (exact) mass is 197 g/mol. The molecule has 0 aromatic heterocycles. The van der Waals surface area contributed by atoms with E-state index in [4.69, 9.17) is 16.9 Å². The molecule has 7 nitrogen and oxygen atoms in total. The second-order valence-corrected chi connectivity index (χ2v) is 2.79. The van der Waals surface area contributed by atoms with Gasteiger partial charge in [0.15, 0.2) is 5.54 Å². The highest BCUT2D eigenvalue weighted by Crippen LogP contribution is 2.11. The molecule has 1 atom stereocenters. The molecule has 0 aliphatic carbocycles. The number of rotatable bonds is 3. The Bertz CT molecular complexity index is 324. The molecule has 3 amide bonds. The molecule has 1 fully saturated rings. The van der Waals surface area contributed by atoms with E-state index in [-0.39, 0.29) is 12.3 Å². The summed E-state index contributed by atoms with van der Waals surface area (Å²) in [6.07, 6.45) is 2.32. The molecule has 1 rings (SSSR count). The first-order valence-corrected chi connectivity index (χ1v) is 3.88. The van der Waals surface area contributed by atoms with Crippen molar-refractivity contribution in [2.24, 2.45) is 11.5 Å². The summed E-state index contributed by atoms with van der Waals surface area (Å²) >= 11 is 0. The summed E-state index contributed by atoms with van der Waals surface area (Å²) in [5.74, 6) is -0.631. The molecule has 1 aliphatic rings.